The average Bonchev–Trinajstić information content (AvgIpc) is 2.48. The quantitative estimate of drug-likeness (QED) is 0.765. The molecule has 7 heteroatoms. The molecule has 0 saturated carbocycles. The van der Waals surface area contributed by atoms with Crippen LogP contribution in [-0.2, 0) is 16.4 Å². The molecule has 0 spiro atoms. The summed E-state index contributed by atoms with van der Waals surface area (Å²) in [4.78, 5) is 7.46. The van der Waals surface area contributed by atoms with Crippen molar-refractivity contribution in [1.82, 2.24) is 14.3 Å². The Morgan fingerprint density at radius 2 is 1.76 bits per heavy atom. The zero-order valence-corrected chi connectivity index (χ0v) is 13.2. The minimum Gasteiger partial charge on any atom is -0.225 e. The van der Waals surface area contributed by atoms with Gasteiger partial charge < -0.3 is 0 Å². The van der Waals surface area contributed by atoms with E-state index in [0.717, 1.165) is 12.8 Å². The number of halogens is 1. The first kappa shape index (κ1) is 15.9. The van der Waals surface area contributed by atoms with Gasteiger partial charge in [-0.25, -0.2) is 22.7 Å². The summed E-state index contributed by atoms with van der Waals surface area (Å²) >= 11 is 5.56. The average molecular weight is 326 g/mol. The van der Waals surface area contributed by atoms with Crippen molar-refractivity contribution >= 4 is 21.6 Å². The van der Waals surface area contributed by atoms with Crippen LogP contribution in [0, 0.1) is 0 Å². The highest BCUT2D eigenvalue weighted by Gasteiger charge is 2.21. The number of aromatic nitrogens is 2. The number of sulfonamides is 1. The normalized spacial score (nSPS) is 11.8. The minimum atomic E-state index is -3.56. The van der Waals surface area contributed by atoms with E-state index in [9.17, 15) is 8.42 Å². The Bertz CT molecular complexity index is 675. The fraction of sp³-hybridized carbons (Fsp3) is 0.286. The van der Waals surface area contributed by atoms with E-state index >= 15 is 0 Å². The van der Waals surface area contributed by atoms with Crippen LogP contribution >= 0.6 is 11.6 Å². The van der Waals surface area contributed by atoms with Gasteiger partial charge in [0.25, 0.3) is 0 Å². The van der Waals surface area contributed by atoms with E-state index in [2.05, 4.69) is 9.97 Å². The van der Waals surface area contributed by atoms with Gasteiger partial charge in [-0.1, -0.05) is 30.3 Å². The summed E-state index contributed by atoms with van der Waals surface area (Å²) in [5.41, 5.74) is 1.19. The van der Waals surface area contributed by atoms with Crippen LogP contribution in [0.1, 0.15) is 12.0 Å². The summed E-state index contributed by atoms with van der Waals surface area (Å²) in [6.45, 7) is 0.430. The fourth-order valence-corrected chi connectivity index (χ4v) is 3.08. The summed E-state index contributed by atoms with van der Waals surface area (Å²) in [5, 5.41) is 0.0284. The molecule has 0 radical (unpaired) electrons. The molecule has 2 rings (SSSR count). The van der Waals surface area contributed by atoms with Crippen LogP contribution in [0.15, 0.2) is 47.6 Å². The number of hydrogen-bond acceptors (Lipinski definition) is 4. The summed E-state index contributed by atoms with van der Waals surface area (Å²) in [6.07, 6.45) is 4.02. The largest absolute Gasteiger partial charge is 0.245 e. The van der Waals surface area contributed by atoms with Crippen molar-refractivity contribution in [2.24, 2.45) is 0 Å². The standard InChI is InChI=1S/C14H16ClN3O2S/c1-18(9-5-8-12-6-3-2-4-7-12)21(19,20)13-10-16-14(15)17-11-13/h2-4,6-7,10-11H,5,8-9H2,1H3. The van der Waals surface area contributed by atoms with E-state index in [1.54, 1.807) is 7.05 Å². The second-order valence-electron chi connectivity index (χ2n) is 4.60. The van der Waals surface area contributed by atoms with Crippen LogP contribution in [-0.4, -0.2) is 36.3 Å². The van der Waals surface area contributed by atoms with Gasteiger partial charge in [0.05, 0.1) is 12.4 Å². The number of benzene rings is 1. The first-order chi connectivity index (χ1) is 10.00. The van der Waals surface area contributed by atoms with Gasteiger partial charge in [-0.05, 0) is 30.0 Å². The molecule has 21 heavy (non-hydrogen) atoms. The highest BCUT2D eigenvalue weighted by Crippen LogP contribution is 2.14. The molecule has 0 N–H and O–H groups in total. The molecule has 0 aliphatic heterocycles. The molecule has 1 heterocycles. The van der Waals surface area contributed by atoms with E-state index < -0.39 is 10.0 Å². The lowest BCUT2D eigenvalue weighted by Gasteiger charge is -2.16. The van der Waals surface area contributed by atoms with Gasteiger partial charge in [0, 0.05) is 13.6 Å². The van der Waals surface area contributed by atoms with Crippen LogP contribution in [0.2, 0.25) is 5.28 Å². The Morgan fingerprint density at radius 3 is 2.38 bits per heavy atom. The van der Waals surface area contributed by atoms with Gasteiger partial charge in [-0.3, -0.25) is 0 Å². The van der Waals surface area contributed by atoms with Crippen LogP contribution in [0.4, 0.5) is 0 Å². The van der Waals surface area contributed by atoms with Crippen molar-refractivity contribution in [2.45, 2.75) is 17.7 Å². The highest BCUT2D eigenvalue weighted by atomic mass is 35.5. The fourth-order valence-electron chi connectivity index (χ4n) is 1.88. The maximum atomic E-state index is 12.3. The maximum Gasteiger partial charge on any atom is 0.245 e. The molecule has 1 aromatic heterocycles. The van der Waals surface area contributed by atoms with Crippen molar-refractivity contribution in [1.29, 1.82) is 0 Å². The van der Waals surface area contributed by atoms with Crippen LogP contribution < -0.4 is 0 Å². The van der Waals surface area contributed by atoms with E-state index in [4.69, 9.17) is 11.6 Å². The first-order valence-electron chi connectivity index (χ1n) is 6.48. The van der Waals surface area contributed by atoms with E-state index in [-0.39, 0.29) is 10.2 Å². The number of hydrogen-bond donors (Lipinski definition) is 0. The predicted molar refractivity (Wildman–Crippen MR) is 81.6 cm³/mol. The minimum absolute atomic E-state index is 0.0284. The Balaban J connectivity index is 1.96. The predicted octanol–water partition coefficient (Wildman–Crippen LogP) is 2.38. The number of nitrogens with zero attached hydrogens (tertiary/aromatic N) is 3. The van der Waals surface area contributed by atoms with Crippen molar-refractivity contribution in [3.63, 3.8) is 0 Å². The zero-order valence-electron chi connectivity index (χ0n) is 11.6. The first-order valence-corrected chi connectivity index (χ1v) is 8.30. The topological polar surface area (TPSA) is 63.2 Å². The molecule has 0 aliphatic rings. The van der Waals surface area contributed by atoms with E-state index in [0.29, 0.717) is 6.54 Å². The van der Waals surface area contributed by atoms with Crippen LogP contribution in [0.3, 0.4) is 0 Å². The lowest BCUT2D eigenvalue weighted by atomic mass is 10.1. The molecular formula is C14H16ClN3O2S. The smallest absolute Gasteiger partial charge is 0.225 e. The Hall–Kier alpha value is -1.50. The molecule has 2 aromatic rings. The molecule has 0 fully saturated rings. The summed E-state index contributed by atoms with van der Waals surface area (Å²) in [5.74, 6) is 0. The molecule has 5 nitrogen and oxygen atoms in total. The zero-order chi connectivity index (χ0) is 15.3. The van der Waals surface area contributed by atoms with Gasteiger partial charge in [0.2, 0.25) is 15.3 Å². The molecule has 1 aromatic carbocycles. The highest BCUT2D eigenvalue weighted by molar-refractivity contribution is 7.89. The Morgan fingerprint density at radius 1 is 1.14 bits per heavy atom. The number of rotatable bonds is 6. The molecule has 0 saturated heterocycles. The van der Waals surface area contributed by atoms with Crippen LogP contribution in [0.5, 0.6) is 0 Å². The third-order valence-electron chi connectivity index (χ3n) is 3.09. The monoisotopic (exact) mass is 325 g/mol. The van der Waals surface area contributed by atoms with Gasteiger partial charge in [-0.15, -0.1) is 0 Å². The second-order valence-corrected chi connectivity index (χ2v) is 6.99. The third kappa shape index (κ3) is 4.23. The van der Waals surface area contributed by atoms with Gasteiger partial charge in [0.15, 0.2) is 0 Å². The summed E-state index contributed by atoms with van der Waals surface area (Å²) in [7, 11) is -2.01. The lowest BCUT2D eigenvalue weighted by molar-refractivity contribution is 0.461. The molecule has 112 valence electrons. The Labute approximate surface area is 129 Å². The molecule has 0 aliphatic carbocycles. The lowest BCUT2D eigenvalue weighted by Crippen LogP contribution is -2.28. The summed E-state index contributed by atoms with van der Waals surface area (Å²) < 4.78 is 25.9. The van der Waals surface area contributed by atoms with E-state index in [1.807, 2.05) is 30.3 Å². The number of aryl methyl sites for hydroxylation is 1. The molecule has 0 bridgehead atoms. The summed E-state index contributed by atoms with van der Waals surface area (Å²) in [6, 6.07) is 9.96. The molecular weight excluding hydrogens is 310 g/mol. The second kappa shape index (κ2) is 6.98. The van der Waals surface area contributed by atoms with Crippen molar-refractivity contribution in [2.75, 3.05) is 13.6 Å². The van der Waals surface area contributed by atoms with Crippen molar-refractivity contribution < 1.29 is 8.42 Å². The van der Waals surface area contributed by atoms with Gasteiger partial charge >= 0.3 is 0 Å². The Kier molecular flexibility index (Phi) is 5.27. The van der Waals surface area contributed by atoms with Crippen molar-refractivity contribution in [3.05, 3.63) is 53.6 Å². The van der Waals surface area contributed by atoms with Crippen molar-refractivity contribution in [3.8, 4) is 0 Å². The third-order valence-corrected chi connectivity index (χ3v) is 5.09. The molecule has 0 atom stereocenters. The maximum absolute atomic E-state index is 12.3. The van der Waals surface area contributed by atoms with Crippen LogP contribution in [0.25, 0.3) is 0 Å². The SMILES string of the molecule is CN(CCCc1ccccc1)S(=O)(=O)c1cnc(Cl)nc1. The molecule has 0 unspecified atom stereocenters. The molecule has 0 amide bonds. The van der Waals surface area contributed by atoms with E-state index in [1.165, 1.54) is 22.3 Å². The van der Waals surface area contributed by atoms with Gasteiger partial charge in [0.1, 0.15) is 4.90 Å². The van der Waals surface area contributed by atoms with Gasteiger partial charge in [-0.2, -0.15) is 0 Å².